The summed E-state index contributed by atoms with van der Waals surface area (Å²) < 4.78 is 10.0. The van der Waals surface area contributed by atoms with E-state index in [1.807, 2.05) is 6.92 Å². The van der Waals surface area contributed by atoms with Gasteiger partial charge in [-0.2, -0.15) is 0 Å². The molecule has 0 aliphatic carbocycles. The second kappa shape index (κ2) is 6.61. The molecule has 0 saturated carbocycles. The number of amides is 1. The first-order valence-corrected chi connectivity index (χ1v) is 5.33. The fourth-order valence-electron chi connectivity index (χ4n) is 1.14. The molecule has 1 aromatic heterocycles. The Morgan fingerprint density at radius 1 is 1.56 bits per heavy atom. The van der Waals surface area contributed by atoms with Crippen LogP contribution in [-0.4, -0.2) is 36.7 Å². The highest BCUT2D eigenvalue weighted by Gasteiger charge is 2.13. The molecule has 1 rings (SSSR count). The molecule has 2 N–H and O–H groups in total. The number of hydrogen-bond donors (Lipinski definition) is 2. The Kier molecular flexibility index (Phi) is 5.13. The summed E-state index contributed by atoms with van der Waals surface area (Å²) in [6.07, 6.45) is 1.02. The topological polar surface area (TPSA) is 88.8 Å². The minimum atomic E-state index is -1.14. The molecule has 0 spiro atoms. The molecule has 0 unspecified atom stereocenters. The first-order valence-electron chi connectivity index (χ1n) is 5.33. The Morgan fingerprint density at radius 3 is 2.83 bits per heavy atom. The van der Waals surface area contributed by atoms with Gasteiger partial charge in [0.1, 0.15) is 6.26 Å². The van der Waals surface area contributed by atoms with Gasteiger partial charge >= 0.3 is 5.97 Å². The lowest BCUT2D eigenvalue weighted by Crippen LogP contribution is -2.27. The third-order valence-electron chi connectivity index (χ3n) is 1.95. The number of rotatable bonds is 7. The molecule has 0 aromatic carbocycles. The summed E-state index contributed by atoms with van der Waals surface area (Å²) >= 11 is 0. The number of carbonyl (C=O) groups is 2. The summed E-state index contributed by atoms with van der Waals surface area (Å²) in [5, 5.41) is 11.2. The predicted molar refractivity (Wildman–Crippen MR) is 63.6 cm³/mol. The molecule has 6 nitrogen and oxygen atoms in total. The van der Waals surface area contributed by atoms with E-state index < -0.39 is 11.9 Å². The van der Waals surface area contributed by atoms with Crippen LogP contribution >= 0.6 is 0 Å². The summed E-state index contributed by atoms with van der Waals surface area (Å²) in [7, 11) is 0. The molecule has 0 saturated heterocycles. The molecule has 0 aliphatic heterocycles. The lowest BCUT2D eigenvalue weighted by atomic mass is 10.3. The highest BCUT2D eigenvalue weighted by atomic mass is 16.5. The van der Waals surface area contributed by atoms with Crippen LogP contribution in [0, 0.1) is 0 Å². The Hall–Kier alpha value is -2.08. The number of furan rings is 1. The van der Waals surface area contributed by atoms with Gasteiger partial charge in [-0.05, 0) is 6.92 Å². The second-order valence-electron chi connectivity index (χ2n) is 3.77. The maximum absolute atomic E-state index is 11.5. The van der Waals surface area contributed by atoms with Crippen LogP contribution in [0.4, 0.5) is 0 Å². The Morgan fingerprint density at radius 2 is 2.28 bits per heavy atom. The number of ether oxygens (including phenoxy) is 1. The van der Waals surface area contributed by atoms with E-state index in [0.29, 0.717) is 19.8 Å². The minimum absolute atomic E-state index is 0.0349. The molecule has 6 heteroatoms. The van der Waals surface area contributed by atoms with Gasteiger partial charge in [0.25, 0.3) is 5.91 Å². The van der Waals surface area contributed by atoms with Crippen molar-refractivity contribution in [3.05, 3.63) is 35.8 Å². The molecule has 1 heterocycles. The van der Waals surface area contributed by atoms with Crippen LogP contribution in [0.5, 0.6) is 0 Å². The first kappa shape index (κ1) is 14.0. The van der Waals surface area contributed by atoms with Gasteiger partial charge in [-0.25, -0.2) is 4.79 Å². The van der Waals surface area contributed by atoms with E-state index in [1.165, 1.54) is 6.07 Å². The van der Waals surface area contributed by atoms with Crippen molar-refractivity contribution in [2.45, 2.75) is 6.92 Å². The third kappa shape index (κ3) is 4.42. The van der Waals surface area contributed by atoms with Gasteiger partial charge in [0.2, 0.25) is 0 Å². The van der Waals surface area contributed by atoms with E-state index in [1.54, 1.807) is 0 Å². The maximum Gasteiger partial charge on any atom is 0.338 e. The van der Waals surface area contributed by atoms with E-state index in [4.69, 9.17) is 14.3 Å². The monoisotopic (exact) mass is 253 g/mol. The smallest absolute Gasteiger partial charge is 0.338 e. The molecular formula is C12H15NO5. The number of nitrogens with one attached hydrogen (secondary N) is 1. The Balaban J connectivity index is 2.32. The van der Waals surface area contributed by atoms with Crippen molar-refractivity contribution in [3.63, 3.8) is 0 Å². The quantitative estimate of drug-likeness (QED) is 0.564. The van der Waals surface area contributed by atoms with Crippen LogP contribution in [-0.2, 0) is 4.74 Å². The van der Waals surface area contributed by atoms with Gasteiger partial charge in [0.15, 0.2) is 5.76 Å². The largest absolute Gasteiger partial charge is 0.478 e. The summed E-state index contributed by atoms with van der Waals surface area (Å²) in [6.45, 7) is 6.63. The van der Waals surface area contributed by atoms with Crippen LogP contribution in [0.2, 0.25) is 0 Å². The third-order valence-corrected chi connectivity index (χ3v) is 1.95. The predicted octanol–water partition coefficient (Wildman–Crippen LogP) is 1.30. The molecule has 0 bridgehead atoms. The number of carbonyl (C=O) groups excluding carboxylic acids is 1. The van der Waals surface area contributed by atoms with E-state index in [0.717, 1.165) is 11.8 Å². The zero-order valence-corrected chi connectivity index (χ0v) is 10.1. The number of carboxylic acid groups (broad SMARTS) is 1. The normalized spacial score (nSPS) is 10.1. The van der Waals surface area contributed by atoms with Crippen LogP contribution < -0.4 is 5.32 Å². The van der Waals surface area contributed by atoms with Crippen LogP contribution in [0.3, 0.4) is 0 Å². The van der Waals surface area contributed by atoms with E-state index in [2.05, 4.69) is 11.9 Å². The lowest BCUT2D eigenvalue weighted by molar-refractivity contribution is 0.0696. The highest BCUT2D eigenvalue weighted by molar-refractivity contribution is 5.95. The fraction of sp³-hybridized carbons (Fsp3) is 0.333. The lowest BCUT2D eigenvalue weighted by Gasteiger charge is -2.04. The van der Waals surface area contributed by atoms with Crippen molar-refractivity contribution in [2.75, 3.05) is 19.8 Å². The van der Waals surface area contributed by atoms with Crippen molar-refractivity contribution in [1.29, 1.82) is 0 Å². The molecule has 0 aliphatic rings. The SMILES string of the molecule is C=C(C)COCCNC(=O)c1cc(C(=O)O)co1. The van der Waals surface area contributed by atoms with E-state index >= 15 is 0 Å². The summed E-state index contributed by atoms with van der Waals surface area (Å²) in [4.78, 5) is 22.1. The minimum Gasteiger partial charge on any atom is -0.478 e. The van der Waals surface area contributed by atoms with Gasteiger partial charge in [0.05, 0.1) is 18.8 Å². The molecule has 0 atom stereocenters. The second-order valence-corrected chi connectivity index (χ2v) is 3.77. The highest BCUT2D eigenvalue weighted by Crippen LogP contribution is 2.07. The fourth-order valence-corrected chi connectivity index (χ4v) is 1.14. The summed E-state index contributed by atoms with van der Waals surface area (Å²) in [5.41, 5.74) is 0.845. The summed E-state index contributed by atoms with van der Waals surface area (Å²) in [5.74, 6) is -1.64. The van der Waals surface area contributed by atoms with Crippen molar-refractivity contribution in [2.24, 2.45) is 0 Å². The van der Waals surface area contributed by atoms with Gasteiger partial charge in [0, 0.05) is 12.6 Å². The molecule has 0 radical (unpaired) electrons. The van der Waals surface area contributed by atoms with Crippen LogP contribution in [0.15, 0.2) is 28.9 Å². The molecular weight excluding hydrogens is 238 g/mol. The molecule has 0 fully saturated rings. The molecule has 1 aromatic rings. The number of carboxylic acids is 1. The molecule has 98 valence electrons. The average molecular weight is 253 g/mol. The van der Waals surface area contributed by atoms with Gasteiger partial charge in [-0.15, -0.1) is 0 Å². The van der Waals surface area contributed by atoms with Crippen molar-refractivity contribution in [3.8, 4) is 0 Å². The van der Waals surface area contributed by atoms with E-state index in [9.17, 15) is 9.59 Å². The van der Waals surface area contributed by atoms with Gasteiger partial charge in [-0.3, -0.25) is 4.79 Å². The maximum atomic E-state index is 11.5. The molecule has 18 heavy (non-hydrogen) atoms. The Bertz CT molecular complexity index is 449. The van der Waals surface area contributed by atoms with Gasteiger partial charge < -0.3 is 19.6 Å². The zero-order chi connectivity index (χ0) is 13.5. The Labute approximate surface area is 104 Å². The molecule has 1 amide bonds. The van der Waals surface area contributed by atoms with Crippen LogP contribution in [0.1, 0.15) is 27.8 Å². The summed E-state index contributed by atoms with van der Waals surface area (Å²) in [6, 6.07) is 1.17. The van der Waals surface area contributed by atoms with Crippen LogP contribution in [0.25, 0.3) is 0 Å². The standard InChI is InChI=1S/C12H15NO5/c1-8(2)6-17-4-3-13-11(14)10-5-9(7-18-10)12(15)16/h5,7H,1,3-4,6H2,2H3,(H,13,14)(H,15,16). The average Bonchev–Trinajstić information content (AvgIpc) is 2.77. The number of hydrogen-bond acceptors (Lipinski definition) is 4. The van der Waals surface area contributed by atoms with Crippen molar-refractivity contribution in [1.82, 2.24) is 5.32 Å². The first-order chi connectivity index (χ1) is 8.50. The zero-order valence-electron chi connectivity index (χ0n) is 10.1. The van der Waals surface area contributed by atoms with Gasteiger partial charge in [-0.1, -0.05) is 12.2 Å². The van der Waals surface area contributed by atoms with Crippen molar-refractivity contribution < 1.29 is 23.8 Å². The van der Waals surface area contributed by atoms with E-state index in [-0.39, 0.29) is 11.3 Å². The van der Waals surface area contributed by atoms with Crippen molar-refractivity contribution >= 4 is 11.9 Å². The number of aromatic carboxylic acids is 1.